The Morgan fingerprint density at radius 3 is 1.30 bits per heavy atom. The highest BCUT2D eigenvalue weighted by atomic mass is 79.9. The second-order valence-corrected chi connectivity index (χ2v) is 5.92. The standard InChI is InChI=1S/C17H38NO.BrH/c1-4-18(5-2,6-3)16-14-12-10-8-7-9-11-13-15-17-19;/h19H,4-17H2,1-3H3;1H/q+1;/p-1. The van der Waals surface area contributed by atoms with Gasteiger partial charge in [-0.2, -0.15) is 0 Å². The Morgan fingerprint density at radius 2 is 0.950 bits per heavy atom. The molecule has 0 unspecified atom stereocenters. The summed E-state index contributed by atoms with van der Waals surface area (Å²) < 4.78 is 1.31. The number of aliphatic hydroxyl groups excluding tert-OH is 1. The fourth-order valence-electron chi connectivity index (χ4n) is 2.94. The number of halogens is 1. The third-order valence-corrected chi connectivity index (χ3v) is 4.80. The summed E-state index contributed by atoms with van der Waals surface area (Å²) in [7, 11) is 0. The molecular formula is C17H38BrNO. The lowest BCUT2D eigenvalue weighted by molar-refractivity contribution is -0.923. The van der Waals surface area contributed by atoms with E-state index >= 15 is 0 Å². The fourth-order valence-corrected chi connectivity index (χ4v) is 2.94. The van der Waals surface area contributed by atoms with E-state index in [0.717, 1.165) is 6.42 Å². The zero-order valence-corrected chi connectivity index (χ0v) is 15.8. The first-order valence-corrected chi connectivity index (χ1v) is 8.70. The number of hydrogen-bond acceptors (Lipinski definition) is 1. The van der Waals surface area contributed by atoms with Crippen LogP contribution in [0.25, 0.3) is 0 Å². The number of aliphatic hydroxyl groups is 1. The molecule has 124 valence electrons. The van der Waals surface area contributed by atoms with Gasteiger partial charge in [-0.05, 0) is 40.0 Å². The van der Waals surface area contributed by atoms with Gasteiger partial charge in [0.05, 0.1) is 26.2 Å². The van der Waals surface area contributed by atoms with Crippen molar-refractivity contribution in [3.05, 3.63) is 0 Å². The third kappa shape index (κ3) is 11.1. The van der Waals surface area contributed by atoms with Crippen LogP contribution >= 0.6 is 0 Å². The molecule has 0 aliphatic rings. The Labute approximate surface area is 138 Å². The molecule has 2 nitrogen and oxygen atoms in total. The summed E-state index contributed by atoms with van der Waals surface area (Å²) in [5.74, 6) is 0. The average Bonchev–Trinajstić information content (AvgIpc) is 2.46. The number of rotatable bonds is 14. The van der Waals surface area contributed by atoms with E-state index in [0.29, 0.717) is 6.61 Å². The highest BCUT2D eigenvalue weighted by Gasteiger charge is 2.19. The lowest BCUT2D eigenvalue weighted by Gasteiger charge is -2.35. The minimum atomic E-state index is 0. The molecule has 0 aromatic heterocycles. The maximum absolute atomic E-state index is 8.69. The predicted molar refractivity (Wildman–Crippen MR) is 85.4 cm³/mol. The van der Waals surface area contributed by atoms with Crippen LogP contribution < -0.4 is 17.0 Å². The lowest BCUT2D eigenvalue weighted by Crippen LogP contribution is -3.00. The van der Waals surface area contributed by atoms with Crippen LogP contribution in [-0.4, -0.2) is 42.4 Å². The molecule has 0 heterocycles. The molecule has 1 N–H and O–H groups in total. The summed E-state index contributed by atoms with van der Waals surface area (Å²) in [5.41, 5.74) is 0. The minimum absolute atomic E-state index is 0. The summed E-state index contributed by atoms with van der Waals surface area (Å²) in [5, 5.41) is 8.69. The molecule has 0 saturated carbocycles. The molecule has 0 atom stereocenters. The van der Waals surface area contributed by atoms with Crippen LogP contribution in [0.2, 0.25) is 0 Å². The molecule has 0 rings (SSSR count). The van der Waals surface area contributed by atoms with Crippen molar-refractivity contribution >= 4 is 0 Å². The highest BCUT2D eigenvalue weighted by Crippen LogP contribution is 2.13. The van der Waals surface area contributed by atoms with E-state index < -0.39 is 0 Å². The average molecular weight is 352 g/mol. The minimum Gasteiger partial charge on any atom is -1.00 e. The van der Waals surface area contributed by atoms with E-state index in [1.165, 1.54) is 82.0 Å². The first kappa shape index (κ1) is 22.7. The van der Waals surface area contributed by atoms with Crippen LogP contribution in [0.5, 0.6) is 0 Å². The monoisotopic (exact) mass is 351 g/mol. The van der Waals surface area contributed by atoms with Crippen molar-refractivity contribution in [2.24, 2.45) is 0 Å². The Kier molecular flexibility index (Phi) is 17.9. The van der Waals surface area contributed by atoms with Crippen LogP contribution in [0.1, 0.15) is 78.6 Å². The molecule has 0 aromatic carbocycles. The van der Waals surface area contributed by atoms with Gasteiger partial charge >= 0.3 is 0 Å². The summed E-state index contributed by atoms with van der Waals surface area (Å²) in [6, 6.07) is 0. The van der Waals surface area contributed by atoms with Gasteiger partial charge in [-0.25, -0.2) is 0 Å². The maximum Gasteiger partial charge on any atom is 0.0786 e. The molecule has 20 heavy (non-hydrogen) atoms. The van der Waals surface area contributed by atoms with Gasteiger partial charge in [-0.3, -0.25) is 0 Å². The van der Waals surface area contributed by atoms with Gasteiger partial charge in [0.2, 0.25) is 0 Å². The molecular weight excluding hydrogens is 314 g/mol. The van der Waals surface area contributed by atoms with Gasteiger partial charge < -0.3 is 26.6 Å². The number of hydrogen-bond donors (Lipinski definition) is 1. The first-order valence-electron chi connectivity index (χ1n) is 8.70. The van der Waals surface area contributed by atoms with Crippen LogP contribution in [0.3, 0.4) is 0 Å². The van der Waals surface area contributed by atoms with Crippen LogP contribution in [0.15, 0.2) is 0 Å². The molecule has 0 amide bonds. The Balaban J connectivity index is 0. The quantitative estimate of drug-likeness (QED) is 0.370. The van der Waals surface area contributed by atoms with Gasteiger partial charge in [-0.1, -0.05) is 38.5 Å². The van der Waals surface area contributed by atoms with Crippen molar-refractivity contribution in [2.75, 3.05) is 32.8 Å². The maximum atomic E-state index is 8.69. The second-order valence-electron chi connectivity index (χ2n) is 5.92. The van der Waals surface area contributed by atoms with Gasteiger partial charge in [0.25, 0.3) is 0 Å². The largest absolute Gasteiger partial charge is 1.00 e. The van der Waals surface area contributed by atoms with E-state index in [1.807, 2.05) is 0 Å². The first-order chi connectivity index (χ1) is 9.24. The number of quaternary nitrogens is 1. The number of nitrogens with zero attached hydrogens (tertiary/aromatic N) is 1. The third-order valence-electron chi connectivity index (χ3n) is 4.80. The topological polar surface area (TPSA) is 20.2 Å². The van der Waals surface area contributed by atoms with E-state index in [1.54, 1.807) is 0 Å². The second kappa shape index (κ2) is 15.8. The molecule has 0 radical (unpaired) electrons. The molecule has 3 heteroatoms. The zero-order valence-electron chi connectivity index (χ0n) is 14.2. The fraction of sp³-hybridized carbons (Fsp3) is 1.00. The summed E-state index contributed by atoms with van der Waals surface area (Å²) in [4.78, 5) is 0. The van der Waals surface area contributed by atoms with Crippen LogP contribution in [-0.2, 0) is 0 Å². The molecule has 0 bridgehead atoms. The normalized spacial score (nSPS) is 11.4. The molecule has 0 fully saturated rings. The molecule has 0 spiro atoms. The summed E-state index contributed by atoms with van der Waals surface area (Å²) >= 11 is 0. The van der Waals surface area contributed by atoms with Gasteiger partial charge in [0, 0.05) is 6.61 Å². The van der Waals surface area contributed by atoms with Gasteiger partial charge in [-0.15, -0.1) is 0 Å². The molecule has 0 aliphatic heterocycles. The highest BCUT2D eigenvalue weighted by molar-refractivity contribution is 4.48. The van der Waals surface area contributed by atoms with Crippen molar-refractivity contribution < 1.29 is 26.6 Å². The van der Waals surface area contributed by atoms with Crippen molar-refractivity contribution in [1.82, 2.24) is 0 Å². The van der Waals surface area contributed by atoms with Gasteiger partial charge in [0.1, 0.15) is 0 Å². The van der Waals surface area contributed by atoms with E-state index in [2.05, 4.69) is 20.8 Å². The van der Waals surface area contributed by atoms with Crippen molar-refractivity contribution in [1.29, 1.82) is 0 Å². The van der Waals surface area contributed by atoms with Crippen LogP contribution in [0, 0.1) is 0 Å². The smallest absolute Gasteiger partial charge is 0.0786 e. The summed E-state index contributed by atoms with van der Waals surface area (Å²) in [6.45, 7) is 12.6. The lowest BCUT2D eigenvalue weighted by atomic mass is 10.1. The molecule has 0 aliphatic carbocycles. The Morgan fingerprint density at radius 1 is 0.600 bits per heavy atom. The Hall–Kier alpha value is 0.400. The van der Waals surface area contributed by atoms with Crippen molar-refractivity contribution in [3.63, 3.8) is 0 Å². The molecule has 0 aromatic rings. The van der Waals surface area contributed by atoms with Crippen LogP contribution in [0.4, 0.5) is 0 Å². The van der Waals surface area contributed by atoms with E-state index in [-0.39, 0.29) is 17.0 Å². The Bertz CT molecular complexity index is 176. The van der Waals surface area contributed by atoms with Crippen molar-refractivity contribution in [2.45, 2.75) is 78.6 Å². The van der Waals surface area contributed by atoms with E-state index in [9.17, 15) is 0 Å². The SMILES string of the molecule is CC[N+](CC)(CC)CCCCCCCCCCCO.[Br-]. The van der Waals surface area contributed by atoms with Gasteiger partial charge in [0.15, 0.2) is 0 Å². The summed E-state index contributed by atoms with van der Waals surface area (Å²) in [6.07, 6.45) is 11.9. The predicted octanol–water partition coefficient (Wildman–Crippen LogP) is 1.37. The number of unbranched alkanes of at least 4 members (excludes halogenated alkanes) is 8. The zero-order chi connectivity index (χ0) is 14.4. The molecule has 0 saturated heterocycles. The van der Waals surface area contributed by atoms with E-state index in [4.69, 9.17) is 5.11 Å². The van der Waals surface area contributed by atoms with Crippen molar-refractivity contribution in [3.8, 4) is 0 Å².